The number of hydrogen-bond acceptors (Lipinski definition) is 4. The minimum atomic E-state index is -0.972. The van der Waals surface area contributed by atoms with E-state index in [1.165, 1.54) is 25.3 Å². The molecule has 0 saturated carbocycles. The van der Waals surface area contributed by atoms with Crippen molar-refractivity contribution in [1.82, 2.24) is 0 Å². The fourth-order valence-electron chi connectivity index (χ4n) is 2.00. The summed E-state index contributed by atoms with van der Waals surface area (Å²) in [6, 6.07) is 10.5. The number of carbonyl (C=O) groups is 2. The van der Waals surface area contributed by atoms with E-state index in [0.29, 0.717) is 11.6 Å². The van der Waals surface area contributed by atoms with Gasteiger partial charge in [-0.1, -0.05) is 18.2 Å². The minimum absolute atomic E-state index is 0.165. The molecular formula is C18H12F2N2O3. The van der Waals surface area contributed by atoms with Crippen LogP contribution in [0.3, 0.4) is 0 Å². The summed E-state index contributed by atoms with van der Waals surface area (Å²) >= 11 is 0. The largest absolute Gasteiger partial charge is 0.465 e. The quantitative estimate of drug-likeness (QED) is 0.525. The van der Waals surface area contributed by atoms with Crippen molar-refractivity contribution in [2.75, 3.05) is 12.4 Å². The second-order valence-corrected chi connectivity index (χ2v) is 4.83. The van der Waals surface area contributed by atoms with Gasteiger partial charge in [-0.3, -0.25) is 4.79 Å². The van der Waals surface area contributed by atoms with E-state index in [1.807, 2.05) is 0 Å². The maximum absolute atomic E-state index is 13.6. The highest BCUT2D eigenvalue weighted by Crippen LogP contribution is 2.18. The Morgan fingerprint density at radius 1 is 1.20 bits per heavy atom. The predicted octanol–water partition coefficient (Wildman–Crippen LogP) is 3.30. The van der Waals surface area contributed by atoms with Crippen LogP contribution in [0.25, 0.3) is 6.08 Å². The molecule has 126 valence electrons. The van der Waals surface area contributed by atoms with Gasteiger partial charge in [0, 0.05) is 6.07 Å². The number of anilines is 1. The zero-order valence-corrected chi connectivity index (χ0v) is 13.0. The maximum atomic E-state index is 13.6. The highest BCUT2D eigenvalue weighted by Gasteiger charge is 2.15. The molecule has 0 unspecified atom stereocenters. The molecule has 1 amide bonds. The molecule has 0 aliphatic carbocycles. The first kappa shape index (κ1) is 17.8. The molecule has 25 heavy (non-hydrogen) atoms. The van der Waals surface area contributed by atoms with Crippen LogP contribution in [-0.4, -0.2) is 19.0 Å². The topological polar surface area (TPSA) is 79.2 Å². The third-order valence-corrected chi connectivity index (χ3v) is 3.21. The van der Waals surface area contributed by atoms with Crippen LogP contribution in [0, 0.1) is 23.0 Å². The van der Waals surface area contributed by atoms with Crippen molar-refractivity contribution >= 4 is 23.6 Å². The Morgan fingerprint density at radius 2 is 1.92 bits per heavy atom. The van der Waals surface area contributed by atoms with Crippen molar-refractivity contribution in [3.63, 3.8) is 0 Å². The molecule has 0 fully saturated rings. The molecule has 0 bridgehead atoms. The molecule has 7 heteroatoms. The zero-order valence-electron chi connectivity index (χ0n) is 13.0. The van der Waals surface area contributed by atoms with Gasteiger partial charge >= 0.3 is 5.97 Å². The van der Waals surface area contributed by atoms with E-state index in [-0.39, 0.29) is 16.8 Å². The Labute approximate surface area is 142 Å². The molecule has 2 aromatic carbocycles. The lowest BCUT2D eigenvalue weighted by atomic mass is 10.0. The Balaban J connectivity index is 2.33. The fraction of sp³-hybridized carbons (Fsp3) is 0.0556. The Kier molecular flexibility index (Phi) is 5.58. The van der Waals surface area contributed by atoms with Crippen molar-refractivity contribution in [2.45, 2.75) is 0 Å². The summed E-state index contributed by atoms with van der Waals surface area (Å²) in [5.41, 5.74) is -0.173. The van der Waals surface area contributed by atoms with Crippen LogP contribution in [0.2, 0.25) is 0 Å². The van der Waals surface area contributed by atoms with Gasteiger partial charge in [-0.15, -0.1) is 0 Å². The molecular weight excluding hydrogens is 330 g/mol. The molecule has 5 nitrogen and oxygen atoms in total. The number of methoxy groups -OCH3 is 1. The van der Waals surface area contributed by atoms with E-state index in [9.17, 15) is 23.6 Å². The van der Waals surface area contributed by atoms with Gasteiger partial charge in [-0.2, -0.15) is 5.26 Å². The molecule has 1 N–H and O–H groups in total. The normalized spacial score (nSPS) is 10.7. The van der Waals surface area contributed by atoms with Crippen molar-refractivity contribution in [3.8, 4) is 6.07 Å². The average Bonchev–Trinajstić information content (AvgIpc) is 2.61. The molecule has 0 saturated heterocycles. The van der Waals surface area contributed by atoms with Crippen LogP contribution in [0.4, 0.5) is 14.5 Å². The van der Waals surface area contributed by atoms with Gasteiger partial charge in [-0.05, 0) is 29.8 Å². The van der Waals surface area contributed by atoms with Gasteiger partial charge in [0.15, 0.2) is 0 Å². The molecule has 0 aromatic heterocycles. The molecule has 2 aromatic rings. The van der Waals surface area contributed by atoms with Gasteiger partial charge in [0.2, 0.25) is 0 Å². The molecule has 0 aliphatic heterocycles. The summed E-state index contributed by atoms with van der Waals surface area (Å²) in [5.74, 6) is -3.29. The summed E-state index contributed by atoms with van der Waals surface area (Å²) in [5, 5.41) is 11.4. The van der Waals surface area contributed by atoms with Crippen LogP contribution >= 0.6 is 0 Å². The van der Waals surface area contributed by atoms with Gasteiger partial charge in [0.05, 0.1) is 18.4 Å². The summed E-state index contributed by atoms with van der Waals surface area (Å²) in [6.07, 6.45) is 1.18. The number of nitriles is 1. The van der Waals surface area contributed by atoms with Crippen molar-refractivity contribution in [1.29, 1.82) is 5.26 Å². The number of nitrogens with one attached hydrogen (secondary N) is 1. The minimum Gasteiger partial charge on any atom is -0.465 e. The lowest BCUT2D eigenvalue weighted by molar-refractivity contribution is -0.112. The molecule has 0 spiro atoms. The van der Waals surface area contributed by atoms with E-state index < -0.39 is 23.5 Å². The summed E-state index contributed by atoms with van der Waals surface area (Å²) in [4.78, 5) is 23.9. The zero-order chi connectivity index (χ0) is 18.4. The number of rotatable bonds is 4. The number of hydrogen-bond donors (Lipinski definition) is 1. The number of amides is 1. The SMILES string of the molecule is COC(=O)c1ccccc1/C=C(\C#N)C(=O)Nc1ccc(F)cc1F. The number of carbonyl (C=O) groups excluding carboxylic acids is 2. The summed E-state index contributed by atoms with van der Waals surface area (Å²) in [7, 11) is 1.21. The molecule has 2 rings (SSSR count). The first-order valence-corrected chi connectivity index (χ1v) is 7.01. The van der Waals surface area contributed by atoms with Crippen LogP contribution in [0.15, 0.2) is 48.0 Å². The second-order valence-electron chi connectivity index (χ2n) is 4.83. The molecule has 0 atom stereocenters. The Morgan fingerprint density at radius 3 is 2.56 bits per heavy atom. The van der Waals surface area contributed by atoms with E-state index in [0.717, 1.165) is 12.1 Å². The average molecular weight is 342 g/mol. The van der Waals surface area contributed by atoms with Gasteiger partial charge in [-0.25, -0.2) is 13.6 Å². The third kappa shape index (κ3) is 4.26. The lowest BCUT2D eigenvalue weighted by Gasteiger charge is -2.07. The number of nitrogens with zero attached hydrogens (tertiary/aromatic N) is 1. The first-order valence-electron chi connectivity index (χ1n) is 7.01. The number of esters is 1. The highest BCUT2D eigenvalue weighted by molar-refractivity contribution is 6.10. The van der Waals surface area contributed by atoms with Gasteiger partial charge < -0.3 is 10.1 Å². The van der Waals surface area contributed by atoms with Crippen LogP contribution in [-0.2, 0) is 9.53 Å². The maximum Gasteiger partial charge on any atom is 0.338 e. The Hall–Kier alpha value is -3.53. The van der Waals surface area contributed by atoms with E-state index in [4.69, 9.17) is 0 Å². The van der Waals surface area contributed by atoms with Crippen molar-refractivity contribution in [3.05, 3.63) is 70.8 Å². The summed E-state index contributed by atoms with van der Waals surface area (Å²) < 4.78 is 31.1. The molecule has 0 radical (unpaired) electrons. The lowest BCUT2D eigenvalue weighted by Crippen LogP contribution is -2.15. The van der Waals surface area contributed by atoms with Crippen LogP contribution in [0.1, 0.15) is 15.9 Å². The number of halogens is 2. The second kappa shape index (κ2) is 7.84. The first-order chi connectivity index (χ1) is 12.0. The predicted molar refractivity (Wildman–Crippen MR) is 86.4 cm³/mol. The van der Waals surface area contributed by atoms with Crippen molar-refractivity contribution < 1.29 is 23.1 Å². The molecule has 0 heterocycles. The van der Waals surface area contributed by atoms with Crippen LogP contribution < -0.4 is 5.32 Å². The smallest absolute Gasteiger partial charge is 0.338 e. The fourth-order valence-corrected chi connectivity index (χ4v) is 2.00. The number of benzene rings is 2. The highest BCUT2D eigenvalue weighted by atomic mass is 19.1. The van der Waals surface area contributed by atoms with Gasteiger partial charge in [0.25, 0.3) is 5.91 Å². The third-order valence-electron chi connectivity index (χ3n) is 3.21. The van der Waals surface area contributed by atoms with E-state index in [2.05, 4.69) is 10.1 Å². The van der Waals surface area contributed by atoms with Crippen molar-refractivity contribution in [2.24, 2.45) is 0 Å². The standard InChI is InChI=1S/C18H12F2N2O3/c1-25-18(24)14-5-3-2-4-11(14)8-12(10-21)17(23)22-16-7-6-13(19)9-15(16)20/h2-9H,1H3,(H,22,23)/b12-8+. The Bertz CT molecular complexity index is 901. The van der Waals surface area contributed by atoms with Gasteiger partial charge in [0.1, 0.15) is 23.3 Å². The van der Waals surface area contributed by atoms with Crippen LogP contribution in [0.5, 0.6) is 0 Å². The molecule has 0 aliphatic rings. The van der Waals surface area contributed by atoms with E-state index in [1.54, 1.807) is 18.2 Å². The van der Waals surface area contributed by atoms with E-state index >= 15 is 0 Å². The monoisotopic (exact) mass is 342 g/mol. The number of ether oxygens (including phenoxy) is 1. The summed E-state index contributed by atoms with van der Waals surface area (Å²) in [6.45, 7) is 0.